The van der Waals surface area contributed by atoms with Crippen molar-refractivity contribution in [3.63, 3.8) is 0 Å². The van der Waals surface area contributed by atoms with Gasteiger partial charge in [0, 0.05) is 43.1 Å². The van der Waals surface area contributed by atoms with Crippen LogP contribution in [0.4, 0.5) is 0 Å². The average molecular weight is 700 g/mol. The predicted octanol–water partition coefficient (Wildman–Crippen LogP) is 13.6. The Balaban J connectivity index is 1.31. The van der Waals surface area contributed by atoms with Crippen LogP contribution in [0.5, 0.6) is 0 Å². The van der Waals surface area contributed by atoms with Gasteiger partial charge in [0.15, 0.2) is 0 Å². The van der Waals surface area contributed by atoms with Crippen molar-refractivity contribution < 1.29 is 0 Å². The monoisotopic (exact) mass is 699 g/mol. The van der Waals surface area contributed by atoms with E-state index in [1.54, 1.807) is 4.80 Å². The Labute approximate surface area is 307 Å². The molecule has 0 saturated heterocycles. The lowest BCUT2D eigenvalue weighted by atomic mass is 9.74. The van der Waals surface area contributed by atoms with Gasteiger partial charge in [0.1, 0.15) is 11.0 Å². The van der Waals surface area contributed by atoms with E-state index in [1.807, 2.05) is 29.7 Å². The van der Waals surface area contributed by atoms with Crippen LogP contribution in [0.15, 0.2) is 60.7 Å². The lowest BCUT2D eigenvalue weighted by Gasteiger charge is -2.29. The third kappa shape index (κ3) is 5.88. The summed E-state index contributed by atoms with van der Waals surface area (Å²) in [4.78, 5) is 6.95. The van der Waals surface area contributed by atoms with Gasteiger partial charge in [-0.1, -0.05) is 111 Å². The molecule has 260 valence electrons. The van der Waals surface area contributed by atoms with Crippen LogP contribution in [0, 0.1) is 13.8 Å². The molecule has 6 aromatic rings. The number of nitrogens with zero attached hydrogens (tertiary/aromatic N) is 3. The number of thiophene rings is 2. The fraction of sp³-hybridized carbons (Fsp3) is 0.422. The quantitative estimate of drug-likeness (QED) is 0.148. The number of rotatable bonds is 8. The molecule has 1 aliphatic rings. The van der Waals surface area contributed by atoms with Crippen molar-refractivity contribution in [1.82, 2.24) is 15.0 Å². The molecule has 5 heteroatoms. The highest BCUT2D eigenvalue weighted by atomic mass is 32.1. The maximum absolute atomic E-state index is 4.99. The first-order valence-electron chi connectivity index (χ1n) is 18.5. The minimum absolute atomic E-state index is 0.000260. The van der Waals surface area contributed by atoms with Gasteiger partial charge in [0.2, 0.25) is 0 Å². The highest BCUT2D eigenvalue weighted by molar-refractivity contribution is 7.19. The number of hydrogen-bond acceptors (Lipinski definition) is 4. The van der Waals surface area contributed by atoms with E-state index in [4.69, 9.17) is 10.2 Å². The van der Waals surface area contributed by atoms with Gasteiger partial charge in [-0.05, 0) is 106 Å². The fourth-order valence-electron chi connectivity index (χ4n) is 7.99. The Morgan fingerprint density at radius 2 is 1.24 bits per heavy atom. The van der Waals surface area contributed by atoms with Gasteiger partial charge in [0.05, 0.1) is 0 Å². The van der Waals surface area contributed by atoms with Crippen LogP contribution in [0.1, 0.15) is 120 Å². The topological polar surface area (TPSA) is 30.7 Å². The first kappa shape index (κ1) is 34.9. The normalized spacial score (nSPS) is 16.0. The van der Waals surface area contributed by atoms with Gasteiger partial charge in [-0.15, -0.1) is 22.7 Å². The van der Waals surface area contributed by atoms with E-state index in [2.05, 4.69) is 130 Å². The Morgan fingerprint density at radius 1 is 0.660 bits per heavy atom. The molecule has 0 saturated carbocycles. The van der Waals surface area contributed by atoms with Gasteiger partial charge in [-0.2, -0.15) is 15.0 Å². The zero-order chi connectivity index (χ0) is 35.7. The number of hydrogen-bond donors (Lipinski definition) is 0. The van der Waals surface area contributed by atoms with Crippen molar-refractivity contribution >= 4 is 33.7 Å². The Bertz CT molecular complexity index is 2230. The lowest BCUT2D eigenvalue weighted by molar-refractivity contribution is 0.485. The molecule has 0 amide bonds. The molecular formula is C45H53N3S2. The van der Waals surface area contributed by atoms with Crippen LogP contribution in [-0.4, -0.2) is 15.0 Å². The smallest absolute Gasteiger partial charge is 0.122 e. The molecule has 0 aliphatic heterocycles. The molecule has 7 rings (SSSR count). The largest absolute Gasteiger partial charge is 0.187 e. The molecule has 3 heterocycles. The molecule has 50 heavy (non-hydrogen) atoms. The standard InChI is InChI=1S/C45H53N3S2/c1-12-13-14-15-24-45(10)33-25-29(16-18-31(33)32-19-17-30(26-34(32)45)43(4,5)6)35-20-21-36(49-35)39-27(2)28(3)40(42-41(39)46-48(11)47-42)37-22-23-38(50-37)44(7,8)9/h16-23,25-26H,12-15,24H2,1-11H3. The summed E-state index contributed by atoms with van der Waals surface area (Å²) < 4.78 is 0. The minimum atomic E-state index is -0.000260. The van der Waals surface area contributed by atoms with Crippen molar-refractivity contribution in [2.24, 2.45) is 7.05 Å². The van der Waals surface area contributed by atoms with E-state index >= 15 is 0 Å². The van der Waals surface area contributed by atoms with Crippen molar-refractivity contribution in [1.29, 1.82) is 0 Å². The third-order valence-electron chi connectivity index (χ3n) is 11.1. The maximum Gasteiger partial charge on any atom is 0.122 e. The Kier molecular flexibility index (Phi) is 8.79. The Hall–Kier alpha value is -3.54. The van der Waals surface area contributed by atoms with E-state index in [1.165, 1.54) is 107 Å². The van der Waals surface area contributed by atoms with Gasteiger partial charge in [-0.3, -0.25) is 0 Å². The molecule has 0 N–H and O–H groups in total. The van der Waals surface area contributed by atoms with Crippen LogP contribution in [0.3, 0.4) is 0 Å². The first-order chi connectivity index (χ1) is 23.6. The maximum atomic E-state index is 4.99. The summed E-state index contributed by atoms with van der Waals surface area (Å²) in [6.07, 6.45) is 6.29. The Morgan fingerprint density at radius 3 is 1.84 bits per heavy atom. The number of benzene rings is 3. The molecule has 0 fully saturated rings. The molecule has 0 radical (unpaired) electrons. The summed E-state index contributed by atoms with van der Waals surface area (Å²) in [6, 6.07) is 23.7. The van der Waals surface area contributed by atoms with Crippen LogP contribution < -0.4 is 0 Å². The van der Waals surface area contributed by atoms with Crippen LogP contribution in [0.2, 0.25) is 0 Å². The highest BCUT2D eigenvalue weighted by Gasteiger charge is 2.40. The van der Waals surface area contributed by atoms with Gasteiger partial charge in [-0.25, -0.2) is 0 Å². The zero-order valence-electron chi connectivity index (χ0n) is 32.0. The van der Waals surface area contributed by atoms with E-state index in [0.717, 1.165) is 11.0 Å². The SMILES string of the molecule is CCCCCCC1(C)c2cc(-c3ccc(-c4c(C)c(C)c(-c5ccc(C(C)(C)C)s5)c5nn(C)nc45)s3)ccc2-c2ccc(C(C)(C)C)cc21. The van der Waals surface area contributed by atoms with Crippen molar-refractivity contribution in [3.8, 4) is 42.4 Å². The summed E-state index contributed by atoms with van der Waals surface area (Å²) in [5.74, 6) is 0. The molecule has 3 aromatic carbocycles. The minimum Gasteiger partial charge on any atom is -0.187 e. The van der Waals surface area contributed by atoms with E-state index < -0.39 is 0 Å². The van der Waals surface area contributed by atoms with Crippen molar-refractivity contribution in [2.75, 3.05) is 0 Å². The van der Waals surface area contributed by atoms with Crippen LogP contribution >= 0.6 is 22.7 Å². The second-order valence-electron chi connectivity index (χ2n) is 16.9. The third-order valence-corrected chi connectivity index (χ3v) is 13.8. The van der Waals surface area contributed by atoms with E-state index in [-0.39, 0.29) is 16.2 Å². The second kappa shape index (κ2) is 12.6. The summed E-state index contributed by atoms with van der Waals surface area (Å²) >= 11 is 3.76. The van der Waals surface area contributed by atoms with E-state index in [9.17, 15) is 0 Å². The summed E-state index contributed by atoms with van der Waals surface area (Å²) in [5, 5.41) is 9.95. The molecular weight excluding hydrogens is 647 g/mol. The number of aromatic nitrogens is 3. The van der Waals surface area contributed by atoms with Crippen molar-refractivity contribution in [3.05, 3.63) is 93.4 Å². The first-order valence-corrected chi connectivity index (χ1v) is 20.1. The molecule has 1 unspecified atom stereocenters. The lowest BCUT2D eigenvalue weighted by Crippen LogP contribution is -2.22. The van der Waals surface area contributed by atoms with Crippen LogP contribution in [0.25, 0.3) is 53.5 Å². The fourth-order valence-corrected chi connectivity index (χ4v) is 10.3. The molecule has 3 aromatic heterocycles. The molecule has 1 aliphatic carbocycles. The number of aryl methyl sites for hydroxylation is 1. The summed E-state index contributed by atoms with van der Waals surface area (Å²) in [5.41, 5.74) is 15.8. The second-order valence-corrected chi connectivity index (χ2v) is 19.0. The van der Waals surface area contributed by atoms with Gasteiger partial charge in [0.25, 0.3) is 0 Å². The highest BCUT2D eigenvalue weighted by Crippen LogP contribution is 2.54. The summed E-state index contributed by atoms with van der Waals surface area (Å²) in [6.45, 7) is 23.2. The van der Waals surface area contributed by atoms with Crippen LogP contribution in [-0.2, 0) is 23.3 Å². The number of unbranched alkanes of at least 4 members (excludes halogenated alkanes) is 3. The predicted molar refractivity (Wildman–Crippen MR) is 218 cm³/mol. The molecule has 1 atom stereocenters. The molecule has 0 spiro atoms. The zero-order valence-corrected chi connectivity index (χ0v) is 33.6. The van der Waals surface area contributed by atoms with Gasteiger partial charge >= 0.3 is 0 Å². The summed E-state index contributed by atoms with van der Waals surface area (Å²) in [7, 11) is 1.94. The van der Waals surface area contributed by atoms with E-state index in [0.29, 0.717) is 0 Å². The molecule has 3 nitrogen and oxygen atoms in total. The average Bonchev–Trinajstić information content (AvgIpc) is 3.86. The molecule has 0 bridgehead atoms. The van der Waals surface area contributed by atoms with Gasteiger partial charge < -0.3 is 0 Å². The number of fused-ring (bicyclic) bond motifs is 4. The van der Waals surface area contributed by atoms with Crippen molar-refractivity contribution in [2.45, 2.75) is 118 Å².